The molecule has 0 saturated heterocycles. The van der Waals surface area contributed by atoms with Gasteiger partial charge in [-0.2, -0.15) is 0 Å². The molecular weight excluding hydrogens is 378 g/mol. The van der Waals surface area contributed by atoms with Crippen molar-refractivity contribution in [1.29, 1.82) is 0 Å². The highest BCUT2D eigenvalue weighted by atomic mass is 35.5. The molecule has 2 N–H and O–H groups in total. The lowest BCUT2D eigenvalue weighted by Gasteiger charge is -2.09. The number of nitrogens with zero attached hydrogens (tertiary/aromatic N) is 1. The summed E-state index contributed by atoms with van der Waals surface area (Å²) in [5.74, 6) is 0.473. The number of carbonyl (C=O) groups is 2. The molecule has 142 valence electrons. The molecule has 0 spiro atoms. The van der Waals surface area contributed by atoms with Crippen molar-refractivity contribution in [1.82, 2.24) is 10.3 Å². The number of pyridine rings is 1. The van der Waals surface area contributed by atoms with Crippen molar-refractivity contribution in [2.45, 2.75) is 6.42 Å². The summed E-state index contributed by atoms with van der Waals surface area (Å²) in [7, 11) is 0. The summed E-state index contributed by atoms with van der Waals surface area (Å²) in [5.41, 5.74) is 1.49. The number of hydrogen-bond donors (Lipinski definition) is 2. The number of carbonyl (C=O) groups excluding carboxylic acids is 2. The molecular formula is C21H18ClN3O3. The van der Waals surface area contributed by atoms with Crippen LogP contribution in [0.3, 0.4) is 0 Å². The fourth-order valence-electron chi connectivity index (χ4n) is 2.38. The van der Waals surface area contributed by atoms with Gasteiger partial charge in [0.1, 0.15) is 5.75 Å². The van der Waals surface area contributed by atoms with Crippen LogP contribution in [0.1, 0.15) is 5.56 Å². The summed E-state index contributed by atoms with van der Waals surface area (Å²) in [4.78, 5) is 27.9. The number of amides is 2. The van der Waals surface area contributed by atoms with Gasteiger partial charge in [0.25, 0.3) is 0 Å². The van der Waals surface area contributed by atoms with Crippen molar-refractivity contribution < 1.29 is 14.3 Å². The topological polar surface area (TPSA) is 80.3 Å². The molecule has 0 fully saturated rings. The number of rotatable bonds is 7. The zero-order valence-electron chi connectivity index (χ0n) is 14.9. The molecule has 0 aliphatic heterocycles. The van der Waals surface area contributed by atoms with Gasteiger partial charge in [-0.3, -0.25) is 9.59 Å². The average molecular weight is 396 g/mol. The zero-order valence-corrected chi connectivity index (χ0v) is 15.6. The summed E-state index contributed by atoms with van der Waals surface area (Å²) in [6.07, 6.45) is 1.73. The molecule has 2 aromatic carbocycles. The number of hydrogen-bond acceptors (Lipinski definition) is 4. The first-order valence-corrected chi connectivity index (χ1v) is 8.96. The first-order valence-electron chi connectivity index (χ1n) is 8.58. The second kappa shape index (κ2) is 9.53. The fourth-order valence-corrected chi connectivity index (χ4v) is 2.49. The van der Waals surface area contributed by atoms with Gasteiger partial charge in [-0.05, 0) is 35.9 Å². The van der Waals surface area contributed by atoms with Crippen molar-refractivity contribution in [2.24, 2.45) is 0 Å². The maximum atomic E-state index is 12.0. The van der Waals surface area contributed by atoms with Gasteiger partial charge in [0.05, 0.1) is 18.0 Å². The number of nitrogens with one attached hydrogen (secondary N) is 2. The Bertz CT molecular complexity index is 929. The number of benzene rings is 2. The number of anilines is 1. The van der Waals surface area contributed by atoms with Crippen LogP contribution in [0.25, 0.3) is 0 Å². The predicted octanol–water partition coefficient (Wildman–Crippen LogP) is 3.82. The van der Waals surface area contributed by atoms with Crippen molar-refractivity contribution in [3.05, 3.63) is 83.5 Å². The van der Waals surface area contributed by atoms with Crippen LogP contribution in [0, 0.1) is 0 Å². The van der Waals surface area contributed by atoms with Crippen LogP contribution in [0.4, 0.5) is 5.69 Å². The molecule has 3 rings (SSSR count). The van der Waals surface area contributed by atoms with E-state index < -0.39 is 0 Å². The smallest absolute Gasteiger partial charge is 0.243 e. The third kappa shape index (κ3) is 6.10. The Morgan fingerprint density at radius 2 is 1.68 bits per heavy atom. The molecule has 1 heterocycles. The maximum absolute atomic E-state index is 12.0. The van der Waals surface area contributed by atoms with E-state index in [2.05, 4.69) is 15.6 Å². The van der Waals surface area contributed by atoms with Crippen LogP contribution in [-0.2, 0) is 16.0 Å². The molecule has 0 radical (unpaired) electrons. The van der Waals surface area contributed by atoms with Crippen LogP contribution in [0.2, 0.25) is 5.02 Å². The first kappa shape index (κ1) is 19.4. The second-order valence-corrected chi connectivity index (χ2v) is 6.36. The van der Waals surface area contributed by atoms with Gasteiger partial charge < -0.3 is 15.4 Å². The van der Waals surface area contributed by atoms with Gasteiger partial charge in [-0.25, -0.2) is 4.98 Å². The molecule has 0 atom stereocenters. The SMILES string of the molecule is O=C(Cc1ccccc1)NCC(=O)Nc1ccc(Oc2ccc(Cl)cn2)cc1. The lowest BCUT2D eigenvalue weighted by atomic mass is 10.1. The quantitative estimate of drug-likeness (QED) is 0.637. The Labute approximate surface area is 167 Å². The summed E-state index contributed by atoms with van der Waals surface area (Å²) in [5, 5.41) is 5.85. The van der Waals surface area contributed by atoms with Crippen LogP contribution >= 0.6 is 11.6 Å². The van der Waals surface area contributed by atoms with E-state index in [1.807, 2.05) is 30.3 Å². The van der Waals surface area contributed by atoms with Crippen molar-refractivity contribution >= 4 is 29.1 Å². The van der Waals surface area contributed by atoms with Crippen LogP contribution < -0.4 is 15.4 Å². The molecule has 2 amide bonds. The van der Waals surface area contributed by atoms with E-state index in [9.17, 15) is 9.59 Å². The van der Waals surface area contributed by atoms with E-state index in [1.54, 1.807) is 36.4 Å². The van der Waals surface area contributed by atoms with Crippen LogP contribution in [0.5, 0.6) is 11.6 Å². The minimum Gasteiger partial charge on any atom is -0.439 e. The Kier molecular flexibility index (Phi) is 6.59. The summed E-state index contributed by atoms with van der Waals surface area (Å²) >= 11 is 5.79. The lowest BCUT2D eigenvalue weighted by molar-refractivity contribution is -0.123. The Balaban J connectivity index is 1.45. The van der Waals surface area contributed by atoms with Crippen molar-refractivity contribution in [3.8, 4) is 11.6 Å². The van der Waals surface area contributed by atoms with E-state index in [1.165, 1.54) is 6.20 Å². The number of aromatic nitrogens is 1. The van der Waals surface area contributed by atoms with E-state index in [0.29, 0.717) is 22.3 Å². The minimum absolute atomic E-state index is 0.0986. The summed E-state index contributed by atoms with van der Waals surface area (Å²) in [6.45, 7) is -0.0986. The Hall–Kier alpha value is -3.38. The standard InChI is InChI=1S/C21H18ClN3O3/c22-16-6-11-21(24-13-16)28-18-9-7-17(8-10-18)25-20(27)14-23-19(26)12-15-4-2-1-3-5-15/h1-11,13H,12,14H2,(H,23,26)(H,25,27). The summed E-state index contributed by atoms with van der Waals surface area (Å²) < 4.78 is 5.59. The van der Waals surface area contributed by atoms with Gasteiger partial charge >= 0.3 is 0 Å². The maximum Gasteiger partial charge on any atom is 0.243 e. The van der Waals surface area contributed by atoms with E-state index in [4.69, 9.17) is 16.3 Å². The highest BCUT2D eigenvalue weighted by Gasteiger charge is 2.07. The number of ether oxygens (including phenoxy) is 1. The van der Waals surface area contributed by atoms with Gasteiger partial charge in [0, 0.05) is 18.0 Å². The molecule has 7 heteroatoms. The van der Waals surface area contributed by atoms with Gasteiger partial charge in [0.15, 0.2) is 0 Å². The molecule has 6 nitrogen and oxygen atoms in total. The normalized spacial score (nSPS) is 10.2. The second-order valence-electron chi connectivity index (χ2n) is 5.93. The fraction of sp³-hybridized carbons (Fsp3) is 0.0952. The first-order chi connectivity index (χ1) is 13.6. The van der Waals surface area contributed by atoms with Gasteiger partial charge in [0.2, 0.25) is 17.7 Å². The van der Waals surface area contributed by atoms with Crippen molar-refractivity contribution in [3.63, 3.8) is 0 Å². The zero-order chi connectivity index (χ0) is 19.8. The van der Waals surface area contributed by atoms with Crippen molar-refractivity contribution in [2.75, 3.05) is 11.9 Å². The molecule has 0 unspecified atom stereocenters. The molecule has 1 aromatic heterocycles. The largest absolute Gasteiger partial charge is 0.439 e. The monoisotopic (exact) mass is 395 g/mol. The van der Waals surface area contributed by atoms with Crippen LogP contribution in [0.15, 0.2) is 72.9 Å². The predicted molar refractivity (Wildman–Crippen MR) is 108 cm³/mol. The Morgan fingerprint density at radius 1 is 0.929 bits per heavy atom. The molecule has 0 bridgehead atoms. The van der Waals surface area contributed by atoms with E-state index in [-0.39, 0.29) is 24.8 Å². The molecule has 0 aliphatic carbocycles. The minimum atomic E-state index is -0.311. The van der Waals surface area contributed by atoms with Gasteiger partial charge in [-0.1, -0.05) is 41.9 Å². The summed E-state index contributed by atoms with van der Waals surface area (Å²) in [6, 6.07) is 19.5. The molecule has 0 saturated carbocycles. The van der Waals surface area contributed by atoms with Crippen LogP contribution in [-0.4, -0.2) is 23.3 Å². The van der Waals surface area contributed by atoms with Gasteiger partial charge in [-0.15, -0.1) is 0 Å². The third-order valence-corrected chi connectivity index (χ3v) is 3.94. The molecule has 3 aromatic rings. The molecule has 0 aliphatic rings. The number of halogens is 1. The van der Waals surface area contributed by atoms with E-state index >= 15 is 0 Å². The average Bonchev–Trinajstić information content (AvgIpc) is 2.70. The highest BCUT2D eigenvalue weighted by Crippen LogP contribution is 2.22. The molecule has 28 heavy (non-hydrogen) atoms. The third-order valence-electron chi connectivity index (χ3n) is 3.71. The Morgan fingerprint density at radius 3 is 2.36 bits per heavy atom. The van der Waals surface area contributed by atoms with E-state index in [0.717, 1.165) is 5.56 Å². The highest BCUT2D eigenvalue weighted by molar-refractivity contribution is 6.30. The lowest BCUT2D eigenvalue weighted by Crippen LogP contribution is -2.33.